The lowest BCUT2D eigenvalue weighted by Crippen LogP contribution is -2.50. The van der Waals surface area contributed by atoms with Crippen LogP contribution in [0.25, 0.3) is 0 Å². The molecule has 1 fully saturated rings. The molecule has 2 aliphatic rings. The third kappa shape index (κ3) is 5.95. The van der Waals surface area contributed by atoms with Crippen LogP contribution in [0.1, 0.15) is 25.7 Å². The summed E-state index contributed by atoms with van der Waals surface area (Å²) in [6, 6.07) is 6.11. The number of carbonyl (C=O) groups excluding carboxylic acids is 2. The van der Waals surface area contributed by atoms with Crippen LogP contribution >= 0.6 is 0 Å². The molecule has 29 heavy (non-hydrogen) atoms. The standard InChI is InChI=1S/C21H29N3O5/c1-28-16-7-5-6-15(12-16)22-21(27)23-18-9-8-17(29-19(18)14-25)13-20(26)24-10-3-2-4-11-24/h5-9,12,17-19,25H,2-4,10-11,13-14H2,1H3,(H2,22,23,27)/t17-,18+,19+/m1/s1. The highest BCUT2D eigenvalue weighted by molar-refractivity contribution is 5.89. The number of amides is 3. The molecule has 3 rings (SSSR count). The van der Waals surface area contributed by atoms with Crippen molar-refractivity contribution in [2.75, 3.05) is 32.1 Å². The summed E-state index contributed by atoms with van der Waals surface area (Å²) in [6.07, 6.45) is 6.04. The Morgan fingerprint density at radius 1 is 1.24 bits per heavy atom. The van der Waals surface area contributed by atoms with Gasteiger partial charge in [0.2, 0.25) is 5.91 Å². The number of urea groups is 1. The molecule has 8 nitrogen and oxygen atoms in total. The van der Waals surface area contributed by atoms with Crippen molar-refractivity contribution in [3.05, 3.63) is 36.4 Å². The first-order chi connectivity index (χ1) is 14.1. The number of hydrogen-bond donors (Lipinski definition) is 3. The molecule has 0 radical (unpaired) electrons. The number of ether oxygens (including phenoxy) is 2. The largest absolute Gasteiger partial charge is 0.497 e. The Balaban J connectivity index is 1.53. The number of likely N-dealkylation sites (tertiary alicyclic amines) is 1. The Labute approximate surface area is 170 Å². The molecule has 2 aliphatic heterocycles. The first kappa shape index (κ1) is 21.1. The van der Waals surface area contributed by atoms with Crippen LogP contribution in [0.15, 0.2) is 36.4 Å². The highest BCUT2D eigenvalue weighted by atomic mass is 16.5. The molecular formula is C21H29N3O5. The fourth-order valence-corrected chi connectivity index (χ4v) is 3.60. The minimum atomic E-state index is -0.616. The minimum absolute atomic E-state index is 0.0678. The lowest BCUT2D eigenvalue weighted by Gasteiger charge is -2.33. The first-order valence-electron chi connectivity index (χ1n) is 10.0. The van der Waals surface area contributed by atoms with E-state index in [0.29, 0.717) is 11.4 Å². The second kappa shape index (κ2) is 10.3. The minimum Gasteiger partial charge on any atom is -0.497 e. The highest BCUT2D eigenvalue weighted by Gasteiger charge is 2.30. The van der Waals surface area contributed by atoms with Crippen LogP contribution in [-0.2, 0) is 9.53 Å². The average Bonchev–Trinajstić information content (AvgIpc) is 2.75. The number of methoxy groups -OCH3 is 1. The number of benzene rings is 1. The third-order valence-corrected chi connectivity index (χ3v) is 5.17. The molecule has 158 valence electrons. The van der Waals surface area contributed by atoms with Crippen molar-refractivity contribution in [2.45, 2.75) is 43.9 Å². The summed E-state index contributed by atoms with van der Waals surface area (Å²) in [7, 11) is 1.56. The number of aliphatic hydroxyl groups excluding tert-OH is 1. The van der Waals surface area contributed by atoms with E-state index in [2.05, 4.69) is 10.6 Å². The molecule has 0 bridgehead atoms. The van der Waals surface area contributed by atoms with E-state index in [0.717, 1.165) is 25.9 Å². The zero-order valence-electron chi connectivity index (χ0n) is 16.7. The van der Waals surface area contributed by atoms with Gasteiger partial charge in [0.05, 0.1) is 32.3 Å². The number of aliphatic hydroxyl groups is 1. The fourth-order valence-electron chi connectivity index (χ4n) is 3.60. The van der Waals surface area contributed by atoms with E-state index in [-0.39, 0.29) is 18.9 Å². The highest BCUT2D eigenvalue weighted by Crippen LogP contribution is 2.19. The lowest BCUT2D eigenvalue weighted by molar-refractivity contribution is -0.136. The van der Waals surface area contributed by atoms with E-state index in [1.807, 2.05) is 4.90 Å². The molecule has 3 N–H and O–H groups in total. The van der Waals surface area contributed by atoms with Crippen LogP contribution in [0.4, 0.5) is 10.5 Å². The second-order valence-electron chi connectivity index (χ2n) is 7.28. The number of rotatable bonds is 6. The molecule has 0 unspecified atom stereocenters. The van der Waals surface area contributed by atoms with Gasteiger partial charge < -0.3 is 30.1 Å². The van der Waals surface area contributed by atoms with Gasteiger partial charge in [0.15, 0.2) is 0 Å². The maximum atomic E-state index is 12.4. The predicted octanol–water partition coefficient (Wildman–Crippen LogP) is 1.90. The van der Waals surface area contributed by atoms with Crippen LogP contribution in [0.5, 0.6) is 5.75 Å². The number of anilines is 1. The Hall–Kier alpha value is -2.58. The van der Waals surface area contributed by atoms with Gasteiger partial charge in [-0.3, -0.25) is 4.79 Å². The van der Waals surface area contributed by atoms with Crippen molar-refractivity contribution in [1.82, 2.24) is 10.2 Å². The molecule has 3 amide bonds. The number of nitrogens with one attached hydrogen (secondary N) is 2. The maximum absolute atomic E-state index is 12.4. The summed E-state index contributed by atoms with van der Waals surface area (Å²) in [6.45, 7) is 1.34. The monoisotopic (exact) mass is 403 g/mol. The average molecular weight is 403 g/mol. The van der Waals surface area contributed by atoms with Crippen molar-refractivity contribution in [1.29, 1.82) is 0 Å². The number of piperidine rings is 1. The van der Waals surface area contributed by atoms with Gasteiger partial charge in [0.25, 0.3) is 0 Å². The zero-order chi connectivity index (χ0) is 20.6. The van der Waals surface area contributed by atoms with Gasteiger partial charge in [-0.1, -0.05) is 18.2 Å². The third-order valence-electron chi connectivity index (χ3n) is 5.17. The molecule has 8 heteroatoms. The first-order valence-corrected chi connectivity index (χ1v) is 10.0. The van der Waals surface area contributed by atoms with E-state index in [9.17, 15) is 14.7 Å². The van der Waals surface area contributed by atoms with E-state index in [4.69, 9.17) is 9.47 Å². The summed E-state index contributed by atoms with van der Waals surface area (Å²) >= 11 is 0. The predicted molar refractivity (Wildman–Crippen MR) is 109 cm³/mol. The van der Waals surface area contributed by atoms with E-state index >= 15 is 0 Å². The topological polar surface area (TPSA) is 100 Å². The Bertz CT molecular complexity index is 733. The second-order valence-corrected chi connectivity index (χ2v) is 7.28. The van der Waals surface area contributed by atoms with Crippen LogP contribution in [0.2, 0.25) is 0 Å². The van der Waals surface area contributed by atoms with E-state index in [1.54, 1.807) is 43.5 Å². The molecule has 1 saturated heterocycles. The maximum Gasteiger partial charge on any atom is 0.319 e. The molecule has 3 atom stereocenters. The fraction of sp³-hybridized carbons (Fsp3) is 0.524. The summed E-state index contributed by atoms with van der Waals surface area (Å²) < 4.78 is 11.0. The molecule has 0 saturated carbocycles. The van der Waals surface area contributed by atoms with Gasteiger partial charge in [-0.2, -0.15) is 0 Å². The normalized spacial score (nSPS) is 24.1. The van der Waals surface area contributed by atoms with Crippen molar-refractivity contribution in [3.63, 3.8) is 0 Å². The van der Waals surface area contributed by atoms with Crippen molar-refractivity contribution in [2.24, 2.45) is 0 Å². The molecule has 1 aromatic carbocycles. The number of nitrogens with zero attached hydrogens (tertiary/aromatic N) is 1. The van der Waals surface area contributed by atoms with Crippen molar-refractivity contribution < 1.29 is 24.2 Å². The molecule has 0 aromatic heterocycles. The molecular weight excluding hydrogens is 374 g/mol. The van der Waals surface area contributed by atoms with E-state index < -0.39 is 24.3 Å². The molecule has 0 aliphatic carbocycles. The number of carbonyl (C=O) groups is 2. The van der Waals surface area contributed by atoms with Crippen molar-refractivity contribution in [3.8, 4) is 5.75 Å². The quantitative estimate of drug-likeness (QED) is 0.630. The Morgan fingerprint density at radius 3 is 2.76 bits per heavy atom. The Morgan fingerprint density at radius 2 is 2.03 bits per heavy atom. The van der Waals surface area contributed by atoms with Gasteiger partial charge in [-0.05, 0) is 31.4 Å². The van der Waals surface area contributed by atoms with Crippen LogP contribution < -0.4 is 15.4 Å². The van der Waals surface area contributed by atoms with Gasteiger partial charge >= 0.3 is 6.03 Å². The van der Waals surface area contributed by atoms with Crippen LogP contribution in [0.3, 0.4) is 0 Å². The van der Waals surface area contributed by atoms with Gasteiger partial charge in [-0.15, -0.1) is 0 Å². The molecule has 2 heterocycles. The molecule has 1 aromatic rings. The van der Waals surface area contributed by atoms with Gasteiger partial charge in [-0.25, -0.2) is 4.79 Å². The van der Waals surface area contributed by atoms with Crippen molar-refractivity contribution >= 4 is 17.6 Å². The smallest absolute Gasteiger partial charge is 0.319 e. The summed E-state index contributed by atoms with van der Waals surface area (Å²) in [5, 5.41) is 15.2. The number of hydrogen-bond acceptors (Lipinski definition) is 5. The summed E-state index contributed by atoms with van der Waals surface area (Å²) in [4.78, 5) is 26.6. The van der Waals surface area contributed by atoms with Crippen LogP contribution in [-0.4, -0.2) is 67.0 Å². The zero-order valence-corrected chi connectivity index (χ0v) is 16.7. The van der Waals surface area contributed by atoms with Gasteiger partial charge in [0, 0.05) is 24.8 Å². The summed E-state index contributed by atoms with van der Waals surface area (Å²) in [5.41, 5.74) is 0.591. The lowest BCUT2D eigenvalue weighted by atomic mass is 10.0. The van der Waals surface area contributed by atoms with Crippen LogP contribution in [0, 0.1) is 0 Å². The van der Waals surface area contributed by atoms with Gasteiger partial charge in [0.1, 0.15) is 11.9 Å². The van der Waals surface area contributed by atoms with E-state index in [1.165, 1.54) is 6.42 Å². The summed E-state index contributed by atoms with van der Waals surface area (Å²) in [5.74, 6) is 0.705. The Kier molecular flexibility index (Phi) is 7.48. The SMILES string of the molecule is COc1cccc(NC(=O)N[C@H]2C=C[C@H](CC(=O)N3CCCCC3)O[C@H]2CO)c1. The molecule has 0 spiro atoms.